The van der Waals surface area contributed by atoms with E-state index in [4.69, 9.17) is 10.5 Å². The maximum atomic E-state index is 14.0. The van der Waals surface area contributed by atoms with Gasteiger partial charge in [0.2, 0.25) is 0 Å². The summed E-state index contributed by atoms with van der Waals surface area (Å²) in [6.07, 6.45) is 2.85. The molecule has 2 amide bonds. The Morgan fingerprint density at radius 3 is 2.41 bits per heavy atom. The number of benzene rings is 3. The van der Waals surface area contributed by atoms with Gasteiger partial charge in [0.25, 0.3) is 11.8 Å². The topological polar surface area (TPSA) is 103 Å². The first-order valence-corrected chi connectivity index (χ1v) is 11.5. The number of pyridine rings is 1. The predicted molar refractivity (Wildman–Crippen MR) is 136 cm³/mol. The molecule has 8 nitrogen and oxygen atoms in total. The van der Waals surface area contributed by atoms with Crippen LogP contribution in [0.1, 0.15) is 39.3 Å². The van der Waals surface area contributed by atoms with Crippen molar-refractivity contribution < 1.29 is 18.7 Å². The van der Waals surface area contributed by atoms with Gasteiger partial charge in [-0.3, -0.25) is 9.59 Å². The lowest BCUT2D eigenvalue weighted by atomic mass is 10.1. The molecule has 1 unspecified atom stereocenters. The number of rotatable bonds is 5. The Kier molecular flexibility index (Phi) is 5.19. The number of imide groups is 1. The smallest absolute Gasteiger partial charge is 0.267 e. The fourth-order valence-corrected chi connectivity index (χ4v) is 4.52. The number of fused-ring (bicyclic) bond motifs is 2. The number of hydrogen-bond donors (Lipinski definition) is 1. The largest absolute Gasteiger partial charge is 0.482 e. The SMILES string of the molecule is CC(Oc1cc2cc(F)ccc2nc1N1C(=O)c2ccccc2C1=O)c1cc(N)ccc1-n1cccn1. The van der Waals surface area contributed by atoms with E-state index in [1.165, 1.54) is 18.2 Å². The lowest BCUT2D eigenvalue weighted by Gasteiger charge is -2.23. The Hall–Kier alpha value is -5.05. The Morgan fingerprint density at radius 1 is 0.946 bits per heavy atom. The van der Waals surface area contributed by atoms with E-state index in [0.717, 1.165) is 16.2 Å². The van der Waals surface area contributed by atoms with Gasteiger partial charge in [0.15, 0.2) is 11.6 Å². The van der Waals surface area contributed by atoms with E-state index in [1.54, 1.807) is 65.6 Å². The molecule has 3 aromatic carbocycles. The van der Waals surface area contributed by atoms with Gasteiger partial charge in [0.1, 0.15) is 11.9 Å². The molecule has 6 rings (SSSR count). The van der Waals surface area contributed by atoms with E-state index in [1.807, 2.05) is 13.0 Å². The number of aromatic nitrogens is 3. The zero-order valence-corrected chi connectivity index (χ0v) is 19.6. The Labute approximate surface area is 210 Å². The van der Waals surface area contributed by atoms with Crippen molar-refractivity contribution in [1.29, 1.82) is 0 Å². The molecule has 0 spiro atoms. The summed E-state index contributed by atoms with van der Waals surface area (Å²) in [5.74, 6) is -1.28. The second kappa shape index (κ2) is 8.56. The summed E-state index contributed by atoms with van der Waals surface area (Å²) in [4.78, 5) is 32.1. The minimum absolute atomic E-state index is 0.0294. The van der Waals surface area contributed by atoms with Crippen molar-refractivity contribution in [2.75, 3.05) is 10.6 Å². The number of ether oxygens (including phenoxy) is 1. The Bertz CT molecular complexity index is 1670. The zero-order chi connectivity index (χ0) is 25.7. The number of nitrogens with zero attached hydrogens (tertiary/aromatic N) is 4. The van der Waals surface area contributed by atoms with Crippen LogP contribution in [0.15, 0.2) is 85.2 Å². The van der Waals surface area contributed by atoms with Crippen molar-refractivity contribution in [3.05, 3.63) is 108 Å². The average molecular weight is 493 g/mol. The van der Waals surface area contributed by atoms with Gasteiger partial charge < -0.3 is 10.5 Å². The molecule has 5 aromatic rings. The van der Waals surface area contributed by atoms with E-state index in [-0.39, 0.29) is 22.7 Å². The highest BCUT2D eigenvalue weighted by Gasteiger charge is 2.39. The lowest BCUT2D eigenvalue weighted by molar-refractivity contribution is 0.0922. The van der Waals surface area contributed by atoms with Gasteiger partial charge in [-0.25, -0.2) is 19.0 Å². The number of amides is 2. The molecule has 0 saturated carbocycles. The van der Waals surface area contributed by atoms with Crippen molar-refractivity contribution >= 4 is 34.2 Å². The molecule has 3 heterocycles. The van der Waals surface area contributed by atoms with Crippen molar-refractivity contribution in [2.45, 2.75) is 13.0 Å². The third kappa shape index (κ3) is 3.77. The summed E-state index contributed by atoms with van der Waals surface area (Å²) in [7, 11) is 0. The molecule has 1 atom stereocenters. The second-order valence-corrected chi connectivity index (χ2v) is 8.67. The van der Waals surface area contributed by atoms with Crippen LogP contribution < -0.4 is 15.4 Å². The fraction of sp³-hybridized carbons (Fsp3) is 0.0714. The first kappa shape index (κ1) is 22.4. The molecule has 1 aliphatic heterocycles. The number of carbonyl (C=O) groups excluding carboxylic acids is 2. The molecule has 0 fully saturated rings. The normalized spacial score (nSPS) is 13.7. The Morgan fingerprint density at radius 2 is 1.70 bits per heavy atom. The fourth-order valence-electron chi connectivity index (χ4n) is 4.52. The molecule has 0 aliphatic carbocycles. The van der Waals surface area contributed by atoms with Crippen LogP contribution in [0.25, 0.3) is 16.6 Å². The maximum Gasteiger partial charge on any atom is 0.267 e. The number of anilines is 2. The summed E-state index contributed by atoms with van der Waals surface area (Å²) in [6.45, 7) is 1.81. The maximum absolute atomic E-state index is 14.0. The van der Waals surface area contributed by atoms with Gasteiger partial charge in [-0.1, -0.05) is 12.1 Å². The van der Waals surface area contributed by atoms with Crippen LogP contribution >= 0.6 is 0 Å². The minimum atomic E-state index is -0.607. The van der Waals surface area contributed by atoms with E-state index in [0.29, 0.717) is 16.6 Å². The van der Waals surface area contributed by atoms with Crippen molar-refractivity contribution in [3.63, 3.8) is 0 Å². The van der Waals surface area contributed by atoms with Crippen molar-refractivity contribution in [2.24, 2.45) is 0 Å². The predicted octanol–water partition coefficient (Wildman–Crippen LogP) is 5.08. The number of nitrogens with two attached hydrogens (primary N) is 1. The summed E-state index contributed by atoms with van der Waals surface area (Å²) in [6, 6.07) is 19.4. The molecule has 37 heavy (non-hydrogen) atoms. The zero-order valence-electron chi connectivity index (χ0n) is 19.6. The minimum Gasteiger partial charge on any atom is -0.482 e. The van der Waals surface area contributed by atoms with Gasteiger partial charge in [-0.2, -0.15) is 5.10 Å². The van der Waals surface area contributed by atoms with Gasteiger partial charge in [-0.15, -0.1) is 0 Å². The highest BCUT2D eigenvalue weighted by Crippen LogP contribution is 2.38. The van der Waals surface area contributed by atoms with E-state index in [2.05, 4.69) is 10.1 Å². The summed E-state index contributed by atoms with van der Waals surface area (Å²) >= 11 is 0. The molecule has 0 saturated heterocycles. The molecule has 2 N–H and O–H groups in total. The highest BCUT2D eigenvalue weighted by atomic mass is 19.1. The number of halogens is 1. The van der Waals surface area contributed by atoms with E-state index >= 15 is 0 Å². The summed E-state index contributed by atoms with van der Waals surface area (Å²) in [5, 5.41) is 4.77. The van der Waals surface area contributed by atoms with E-state index < -0.39 is 23.7 Å². The first-order chi connectivity index (χ1) is 17.9. The van der Waals surface area contributed by atoms with Crippen molar-refractivity contribution in [3.8, 4) is 11.4 Å². The molecule has 0 bridgehead atoms. The quantitative estimate of drug-likeness (QED) is 0.270. The monoisotopic (exact) mass is 493 g/mol. The molecular weight excluding hydrogens is 473 g/mol. The third-order valence-electron chi connectivity index (χ3n) is 6.27. The molecule has 0 radical (unpaired) electrons. The summed E-state index contributed by atoms with van der Waals surface area (Å²) < 4.78 is 22.1. The van der Waals surface area contributed by atoms with Crippen LogP contribution in [-0.2, 0) is 0 Å². The molecule has 9 heteroatoms. The summed E-state index contributed by atoms with van der Waals surface area (Å²) in [5.41, 5.74) is 9.05. The molecule has 182 valence electrons. The van der Waals surface area contributed by atoms with Gasteiger partial charge in [0, 0.05) is 29.0 Å². The Balaban J connectivity index is 1.48. The second-order valence-electron chi connectivity index (χ2n) is 8.67. The third-order valence-corrected chi connectivity index (χ3v) is 6.27. The van der Waals surface area contributed by atoms with Crippen LogP contribution in [0.5, 0.6) is 5.75 Å². The number of hydrogen-bond acceptors (Lipinski definition) is 6. The van der Waals surface area contributed by atoms with Crippen LogP contribution in [0, 0.1) is 5.82 Å². The van der Waals surface area contributed by atoms with Gasteiger partial charge in [0.05, 0.1) is 22.3 Å². The van der Waals surface area contributed by atoms with Crippen LogP contribution in [0.4, 0.5) is 15.9 Å². The van der Waals surface area contributed by atoms with Gasteiger partial charge in [-0.05, 0) is 67.6 Å². The van der Waals surface area contributed by atoms with Crippen molar-refractivity contribution in [1.82, 2.24) is 14.8 Å². The van der Waals surface area contributed by atoms with Gasteiger partial charge >= 0.3 is 0 Å². The standard InChI is InChI=1S/C28H20FN5O3/c1-16(22-15-19(30)8-10-24(22)33-12-4-11-31-33)37-25-14-17-13-18(29)7-9-23(17)32-26(25)34-27(35)20-5-2-3-6-21(20)28(34)36/h2-16H,30H2,1H3. The highest BCUT2D eigenvalue weighted by molar-refractivity contribution is 6.34. The van der Waals surface area contributed by atoms with Crippen LogP contribution in [0.2, 0.25) is 0 Å². The van der Waals surface area contributed by atoms with Crippen LogP contribution in [0.3, 0.4) is 0 Å². The molecular formula is C28H20FN5O3. The van der Waals surface area contributed by atoms with E-state index in [9.17, 15) is 14.0 Å². The van der Waals surface area contributed by atoms with Crippen LogP contribution in [-0.4, -0.2) is 26.6 Å². The number of carbonyl (C=O) groups is 2. The number of nitrogen functional groups attached to an aromatic ring is 1. The molecule has 1 aliphatic rings. The average Bonchev–Trinajstić information content (AvgIpc) is 3.51. The first-order valence-electron chi connectivity index (χ1n) is 11.5. The lowest BCUT2D eigenvalue weighted by Crippen LogP contribution is -2.31. The molecule has 2 aromatic heterocycles.